The molecule has 3 rings (SSSR count). The number of hydrogen-bond donors (Lipinski definition) is 0. The van der Waals surface area contributed by atoms with Gasteiger partial charge in [0.25, 0.3) is 0 Å². The Bertz CT molecular complexity index is 873. The molecule has 0 aliphatic carbocycles. The number of carbonyl (C=O) groups is 1. The second-order valence-electron chi connectivity index (χ2n) is 7.64. The molecule has 0 radical (unpaired) electrons. The molecule has 0 aliphatic heterocycles. The molecule has 0 bridgehead atoms. The summed E-state index contributed by atoms with van der Waals surface area (Å²) in [4.78, 5) is 12.2. The summed E-state index contributed by atoms with van der Waals surface area (Å²) in [7, 11) is 0. The first-order chi connectivity index (χ1) is 14.0. The van der Waals surface area contributed by atoms with Gasteiger partial charge in [-0.05, 0) is 31.4 Å². The van der Waals surface area contributed by atoms with E-state index in [4.69, 9.17) is 9.47 Å². The summed E-state index contributed by atoms with van der Waals surface area (Å²) < 4.78 is 11.6. The Morgan fingerprint density at radius 3 is 1.76 bits per heavy atom. The van der Waals surface area contributed by atoms with Crippen molar-refractivity contribution in [1.82, 2.24) is 0 Å². The Morgan fingerprint density at radius 1 is 0.759 bits per heavy atom. The number of rotatable bonds is 8. The fourth-order valence-corrected chi connectivity index (χ4v) is 3.00. The maximum Gasteiger partial charge on any atom is 0.311 e. The van der Waals surface area contributed by atoms with E-state index >= 15 is 0 Å². The first-order valence-corrected chi connectivity index (χ1v) is 10.1. The summed E-state index contributed by atoms with van der Waals surface area (Å²) in [5.41, 5.74) is 3.74. The third-order valence-corrected chi connectivity index (χ3v) is 5.18. The molecule has 3 aromatic rings. The normalized spacial score (nSPS) is 11.1. The third kappa shape index (κ3) is 5.05. The van der Waals surface area contributed by atoms with Gasteiger partial charge in [-0.15, -0.1) is 0 Å². The van der Waals surface area contributed by atoms with Gasteiger partial charge in [-0.25, -0.2) is 0 Å². The molecule has 0 amide bonds. The van der Waals surface area contributed by atoms with Gasteiger partial charge in [-0.2, -0.15) is 0 Å². The van der Waals surface area contributed by atoms with E-state index in [-0.39, 0.29) is 12.6 Å². The topological polar surface area (TPSA) is 35.5 Å². The van der Waals surface area contributed by atoms with Crippen molar-refractivity contribution < 1.29 is 14.3 Å². The Hall–Kier alpha value is -3.07. The van der Waals surface area contributed by atoms with Gasteiger partial charge >= 0.3 is 5.97 Å². The highest BCUT2D eigenvalue weighted by Gasteiger charge is 2.27. The van der Waals surface area contributed by atoms with Crippen LogP contribution in [0, 0.1) is 5.41 Å². The standard InChI is InChI=1S/C26H28O3/c1-4-26(2,3)25(27)29-19-18-28-24-22(20-12-7-5-8-13-20)16-11-17-23(24)21-14-9-6-10-15-21/h5-17H,4,18-19H2,1-3H3. The molecule has 3 aromatic carbocycles. The first kappa shape index (κ1) is 20.7. The molecule has 0 aliphatic rings. The monoisotopic (exact) mass is 388 g/mol. The van der Waals surface area contributed by atoms with Crippen LogP contribution in [0.5, 0.6) is 5.75 Å². The quantitative estimate of drug-likeness (QED) is 0.332. The fraction of sp³-hybridized carbons (Fsp3) is 0.269. The Labute approximate surface area is 173 Å². The fourth-order valence-electron chi connectivity index (χ4n) is 3.00. The average Bonchev–Trinajstić information content (AvgIpc) is 2.77. The molecule has 3 nitrogen and oxygen atoms in total. The predicted molar refractivity (Wildman–Crippen MR) is 118 cm³/mol. The Balaban J connectivity index is 1.84. The zero-order valence-electron chi connectivity index (χ0n) is 17.4. The molecule has 0 unspecified atom stereocenters. The molecule has 0 fully saturated rings. The predicted octanol–water partition coefficient (Wildman–Crippen LogP) is 6.38. The summed E-state index contributed by atoms with van der Waals surface area (Å²) in [5, 5.41) is 0. The van der Waals surface area contributed by atoms with Crippen molar-refractivity contribution in [2.24, 2.45) is 5.41 Å². The molecule has 3 heteroatoms. The van der Waals surface area contributed by atoms with Crippen LogP contribution in [0.1, 0.15) is 27.2 Å². The van der Waals surface area contributed by atoms with Gasteiger partial charge in [0.15, 0.2) is 0 Å². The van der Waals surface area contributed by atoms with Gasteiger partial charge in [0.2, 0.25) is 0 Å². The van der Waals surface area contributed by atoms with Crippen molar-refractivity contribution in [3.63, 3.8) is 0 Å². The molecule has 0 saturated carbocycles. The molecule has 0 aromatic heterocycles. The van der Waals surface area contributed by atoms with E-state index in [9.17, 15) is 4.79 Å². The zero-order valence-corrected chi connectivity index (χ0v) is 17.4. The maximum atomic E-state index is 12.2. The molecule has 0 atom stereocenters. The summed E-state index contributed by atoms with van der Waals surface area (Å²) in [6.07, 6.45) is 0.738. The number of ether oxygens (including phenoxy) is 2. The summed E-state index contributed by atoms with van der Waals surface area (Å²) >= 11 is 0. The third-order valence-electron chi connectivity index (χ3n) is 5.18. The minimum absolute atomic E-state index is 0.191. The zero-order chi connectivity index (χ0) is 20.7. The molecule has 0 heterocycles. The highest BCUT2D eigenvalue weighted by molar-refractivity contribution is 5.82. The van der Waals surface area contributed by atoms with Crippen LogP contribution >= 0.6 is 0 Å². The van der Waals surface area contributed by atoms with E-state index in [1.807, 2.05) is 63.2 Å². The van der Waals surface area contributed by atoms with Crippen molar-refractivity contribution in [3.05, 3.63) is 78.9 Å². The smallest absolute Gasteiger partial charge is 0.311 e. The molecule has 29 heavy (non-hydrogen) atoms. The SMILES string of the molecule is CCC(C)(C)C(=O)OCCOc1c(-c2ccccc2)cccc1-c1ccccc1. The molecule has 150 valence electrons. The minimum atomic E-state index is -0.475. The van der Waals surface area contributed by atoms with Crippen molar-refractivity contribution in [1.29, 1.82) is 0 Å². The van der Waals surface area contributed by atoms with E-state index in [1.165, 1.54) is 0 Å². The van der Waals surface area contributed by atoms with Gasteiger partial charge in [0.05, 0.1) is 5.41 Å². The largest absolute Gasteiger partial charge is 0.489 e. The van der Waals surface area contributed by atoms with Crippen LogP contribution in [0.2, 0.25) is 0 Å². The number of carbonyl (C=O) groups excluding carboxylic acids is 1. The van der Waals surface area contributed by atoms with Crippen molar-refractivity contribution in [3.8, 4) is 28.0 Å². The molecule has 0 spiro atoms. The van der Waals surface area contributed by atoms with E-state index < -0.39 is 5.41 Å². The molecular formula is C26H28O3. The lowest BCUT2D eigenvalue weighted by Gasteiger charge is -2.21. The van der Waals surface area contributed by atoms with Crippen LogP contribution in [0.3, 0.4) is 0 Å². The summed E-state index contributed by atoms with van der Waals surface area (Å²) in [6, 6.07) is 26.5. The first-order valence-electron chi connectivity index (χ1n) is 10.1. The van der Waals surface area contributed by atoms with E-state index in [0.29, 0.717) is 6.61 Å². The van der Waals surface area contributed by atoms with Gasteiger partial charge in [0, 0.05) is 11.1 Å². The molecule has 0 saturated heterocycles. The molecule has 0 N–H and O–H groups in total. The summed E-state index contributed by atoms with van der Waals surface area (Å²) in [5.74, 6) is 0.610. The highest BCUT2D eigenvalue weighted by Crippen LogP contribution is 2.39. The number of benzene rings is 3. The number of esters is 1. The lowest BCUT2D eigenvalue weighted by molar-refractivity contribution is -0.154. The number of hydrogen-bond acceptors (Lipinski definition) is 3. The minimum Gasteiger partial charge on any atom is -0.489 e. The van der Waals surface area contributed by atoms with Crippen LogP contribution < -0.4 is 4.74 Å². The highest BCUT2D eigenvalue weighted by atomic mass is 16.6. The van der Waals surface area contributed by atoms with Crippen molar-refractivity contribution in [2.45, 2.75) is 27.2 Å². The van der Waals surface area contributed by atoms with Crippen LogP contribution in [-0.2, 0) is 9.53 Å². The van der Waals surface area contributed by atoms with Crippen molar-refractivity contribution in [2.75, 3.05) is 13.2 Å². The summed E-state index contributed by atoms with van der Waals surface area (Å²) in [6.45, 7) is 6.30. The second kappa shape index (κ2) is 9.42. The van der Waals surface area contributed by atoms with Crippen LogP contribution in [0.4, 0.5) is 0 Å². The van der Waals surface area contributed by atoms with E-state index in [0.717, 1.165) is 34.4 Å². The lowest BCUT2D eigenvalue weighted by Crippen LogP contribution is -2.27. The Morgan fingerprint density at radius 2 is 1.28 bits per heavy atom. The molecular weight excluding hydrogens is 360 g/mol. The van der Waals surface area contributed by atoms with Gasteiger partial charge in [-0.3, -0.25) is 4.79 Å². The van der Waals surface area contributed by atoms with Gasteiger partial charge in [0.1, 0.15) is 19.0 Å². The van der Waals surface area contributed by atoms with Crippen molar-refractivity contribution >= 4 is 5.97 Å². The van der Waals surface area contributed by atoms with Crippen LogP contribution in [0.15, 0.2) is 78.9 Å². The van der Waals surface area contributed by atoms with Crippen LogP contribution in [0.25, 0.3) is 22.3 Å². The van der Waals surface area contributed by atoms with Gasteiger partial charge in [-0.1, -0.05) is 85.8 Å². The van der Waals surface area contributed by atoms with Gasteiger partial charge < -0.3 is 9.47 Å². The average molecular weight is 389 g/mol. The second-order valence-corrected chi connectivity index (χ2v) is 7.64. The maximum absolute atomic E-state index is 12.2. The number of para-hydroxylation sites is 1. The van der Waals surface area contributed by atoms with Crippen LogP contribution in [-0.4, -0.2) is 19.2 Å². The lowest BCUT2D eigenvalue weighted by atomic mass is 9.91. The van der Waals surface area contributed by atoms with E-state index in [2.05, 4.69) is 36.4 Å². The van der Waals surface area contributed by atoms with E-state index in [1.54, 1.807) is 0 Å². The Kier molecular flexibility index (Phi) is 6.71.